The first-order valence-corrected chi connectivity index (χ1v) is 18.3. The van der Waals surface area contributed by atoms with Gasteiger partial charge in [0.15, 0.2) is 12.0 Å². The molecule has 53 heavy (non-hydrogen) atoms. The van der Waals surface area contributed by atoms with Crippen LogP contribution in [0.1, 0.15) is 70.4 Å². The van der Waals surface area contributed by atoms with Crippen molar-refractivity contribution in [3.8, 4) is 16.9 Å². The molecular weight excluding hydrogens is 685 g/mol. The lowest BCUT2D eigenvalue weighted by Crippen LogP contribution is -2.45. The monoisotopic (exact) mass is 740 g/mol. The van der Waals surface area contributed by atoms with Gasteiger partial charge in [-0.2, -0.15) is 13.2 Å². The van der Waals surface area contributed by atoms with E-state index in [1.54, 1.807) is 45.7 Å². The molecule has 9 nitrogen and oxygen atoms in total. The summed E-state index contributed by atoms with van der Waals surface area (Å²) < 4.78 is 58.8. The Hall–Kier alpha value is -4.29. The average Bonchev–Trinajstić information content (AvgIpc) is 3.12. The fourth-order valence-electron chi connectivity index (χ4n) is 6.66. The van der Waals surface area contributed by atoms with Gasteiger partial charge in [-0.25, -0.2) is 4.99 Å². The molecule has 2 atom stereocenters. The van der Waals surface area contributed by atoms with E-state index in [9.17, 15) is 18.0 Å². The molecule has 0 bridgehead atoms. The lowest BCUT2D eigenvalue weighted by molar-refractivity contribution is -0.156. The maximum atomic E-state index is 13.8. The molecule has 2 aromatic rings. The standard InChI is InChI=1S/C41H55F3N4O5/c1-8-10-30(21-29(4)41(42,43)44)25-48(40-45-24-35(27-46(40)5)53-20-9-11-39(49)50)26-32-22-33(47-18-16-34(51-6)17-19-47)13-14-36(32)37-23-31(28(2)3)12-15-38(37)52-7/h8,10,12-15,21-24,27-29,34,40H,9,11,16-20,25-26H2,1-7H3,(H,49,50)/b10-8-,30-21+. The summed E-state index contributed by atoms with van der Waals surface area (Å²) in [5.41, 5.74) is 5.61. The second-order valence-corrected chi connectivity index (χ2v) is 14.0. The zero-order chi connectivity index (χ0) is 38.7. The van der Waals surface area contributed by atoms with Crippen LogP contribution < -0.4 is 9.64 Å². The number of hydrogen-bond donors (Lipinski definition) is 1. The number of nitrogens with zero attached hydrogens (tertiary/aromatic N) is 4. The molecule has 0 amide bonds. The number of halogens is 3. The molecule has 2 aliphatic heterocycles. The molecule has 1 saturated heterocycles. The number of carbonyl (C=O) groups is 1. The third-order valence-corrected chi connectivity index (χ3v) is 9.69. The zero-order valence-corrected chi connectivity index (χ0v) is 32.0. The number of rotatable bonds is 17. The van der Waals surface area contributed by atoms with Crippen LogP contribution in [0.5, 0.6) is 5.75 Å². The number of alkyl halides is 3. The lowest BCUT2D eigenvalue weighted by atomic mass is 9.92. The largest absolute Gasteiger partial charge is 0.496 e. The van der Waals surface area contributed by atoms with Crippen molar-refractivity contribution in [2.45, 2.75) is 84.4 Å². The van der Waals surface area contributed by atoms with Gasteiger partial charge in [0.1, 0.15) is 5.75 Å². The number of ether oxygens (including phenoxy) is 3. The van der Waals surface area contributed by atoms with Gasteiger partial charge in [-0.05, 0) is 78.6 Å². The molecule has 290 valence electrons. The van der Waals surface area contributed by atoms with Crippen LogP contribution in [0.4, 0.5) is 18.9 Å². The number of anilines is 1. The quantitative estimate of drug-likeness (QED) is 0.128. The molecule has 1 N–H and O–H groups in total. The first-order valence-electron chi connectivity index (χ1n) is 18.3. The molecule has 2 heterocycles. The molecular formula is C41H55F3N4O5. The summed E-state index contributed by atoms with van der Waals surface area (Å²) in [5.74, 6) is -1.06. The number of methoxy groups -OCH3 is 2. The number of carboxylic acids is 1. The highest BCUT2D eigenvalue weighted by Gasteiger charge is 2.35. The van der Waals surface area contributed by atoms with Gasteiger partial charge in [-0.15, -0.1) is 0 Å². The van der Waals surface area contributed by atoms with E-state index in [-0.39, 0.29) is 31.6 Å². The minimum atomic E-state index is -4.39. The van der Waals surface area contributed by atoms with E-state index >= 15 is 0 Å². The number of carboxylic acid groups (broad SMARTS) is 1. The number of aliphatic carboxylic acids is 1. The SMILES string of the molecule is C/C=C\C(=C/C(C)C(F)(F)F)CN(Cc1cc(N2CCC(OC)CC2)ccc1-c1cc(C(C)C)ccc1OC)C1N=CC(OCCCC(=O)O)=CN1C. The maximum absolute atomic E-state index is 13.8. The van der Waals surface area contributed by atoms with Gasteiger partial charge in [0.2, 0.25) is 0 Å². The molecule has 0 aromatic heterocycles. The molecule has 0 radical (unpaired) electrons. The third-order valence-electron chi connectivity index (χ3n) is 9.69. The van der Waals surface area contributed by atoms with Crippen LogP contribution >= 0.6 is 0 Å². The fraction of sp³-hybridized carbons (Fsp3) is 0.512. The van der Waals surface area contributed by atoms with E-state index in [0.717, 1.165) is 66.5 Å². The van der Waals surface area contributed by atoms with Crippen molar-refractivity contribution >= 4 is 17.9 Å². The second-order valence-electron chi connectivity index (χ2n) is 14.0. The van der Waals surface area contributed by atoms with Crippen LogP contribution in [0.3, 0.4) is 0 Å². The molecule has 2 aromatic carbocycles. The average molecular weight is 741 g/mol. The Morgan fingerprint density at radius 2 is 1.83 bits per heavy atom. The first-order chi connectivity index (χ1) is 25.2. The highest BCUT2D eigenvalue weighted by molar-refractivity contribution is 5.77. The molecule has 4 rings (SSSR count). The van der Waals surface area contributed by atoms with E-state index in [1.165, 1.54) is 6.08 Å². The zero-order valence-electron chi connectivity index (χ0n) is 32.0. The summed E-state index contributed by atoms with van der Waals surface area (Å²) in [6.07, 6.45) is 5.54. The topological polar surface area (TPSA) is 87.1 Å². The number of hydrogen-bond acceptors (Lipinski definition) is 8. The van der Waals surface area contributed by atoms with Crippen molar-refractivity contribution in [1.82, 2.24) is 9.80 Å². The highest BCUT2D eigenvalue weighted by Crippen LogP contribution is 2.38. The van der Waals surface area contributed by atoms with Crippen molar-refractivity contribution in [1.29, 1.82) is 0 Å². The second kappa shape index (κ2) is 19.2. The van der Waals surface area contributed by atoms with E-state index in [1.807, 2.05) is 18.0 Å². The van der Waals surface area contributed by atoms with Gasteiger partial charge in [0.25, 0.3) is 0 Å². The molecule has 0 saturated carbocycles. The van der Waals surface area contributed by atoms with Crippen molar-refractivity contribution in [2.75, 3.05) is 52.4 Å². The van der Waals surface area contributed by atoms with E-state index in [2.05, 4.69) is 54.0 Å². The summed E-state index contributed by atoms with van der Waals surface area (Å²) in [4.78, 5) is 22.1. The van der Waals surface area contributed by atoms with Crippen LogP contribution in [0.2, 0.25) is 0 Å². The maximum Gasteiger partial charge on any atom is 0.394 e. The molecule has 2 aliphatic rings. The van der Waals surface area contributed by atoms with Crippen molar-refractivity contribution < 1.29 is 37.3 Å². The van der Waals surface area contributed by atoms with E-state index in [0.29, 0.717) is 24.3 Å². The van der Waals surface area contributed by atoms with Crippen LogP contribution in [0, 0.1) is 5.92 Å². The van der Waals surface area contributed by atoms with Crippen LogP contribution in [-0.2, 0) is 20.8 Å². The van der Waals surface area contributed by atoms with Crippen molar-refractivity contribution in [2.24, 2.45) is 10.9 Å². The Morgan fingerprint density at radius 1 is 1.09 bits per heavy atom. The fourth-order valence-corrected chi connectivity index (χ4v) is 6.66. The first kappa shape index (κ1) is 41.5. The summed E-state index contributed by atoms with van der Waals surface area (Å²) in [6.45, 7) is 9.66. The van der Waals surface area contributed by atoms with Gasteiger partial charge in [0.05, 0.1) is 32.0 Å². The Kier molecular flexibility index (Phi) is 15.0. The van der Waals surface area contributed by atoms with Gasteiger partial charge in [-0.3, -0.25) is 9.69 Å². The Morgan fingerprint density at radius 3 is 2.43 bits per heavy atom. The lowest BCUT2D eigenvalue weighted by Gasteiger charge is -2.38. The number of benzene rings is 2. The highest BCUT2D eigenvalue weighted by atomic mass is 19.4. The smallest absolute Gasteiger partial charge is 0.394 e. The molecule has 0 spiro atoms. The van der Waals surface area contributed by atoms with Crippen LogP contribution in [0.25, 0.3) is 11.1 Å². The summed E-state index contributed by atoms with van der Waals surface area (Å²) in [5, 5.41) is 8.99. The summed E-state index contributed by atoms with van der Waals surface area (Å²) >= 11 is 0. The van der Waals surface area contributed by atoms with Crippen LogP contribution in [-0.4, -0.2) is 93.2 Å². The van der Waals surface area contributed by atoms with Gasteiger partial charge < -0.3 is 29.1 Å². The Balaban J connectivity index is 1.81. The van der Waals surface area contributed by atoms with Crippen LogP contribution in [0.15, 0.2) is 77.2 Å². The number of piperidine rings is 1. The molecule has 12 heteroatoms. The number of allylic oxidation sites excluding steroid dienone is 3. The number of aliphatic imine (C=N–C) groups is 1. The minimum Gasteiger partial charge on any atom is -0.496 e. The van der Waals surface area contributed by atoms with Crippen molar-refractivity contribution in [3.05, 3.63) is 83.3 Å². The molecule has 1 fully saturated rings. The normalized spacial score (nSPS) is 17.9. The summed E-state index contributed by atoms with van der Waals surface area (Å²) in [6, 6.07) is 12.7. The molecule has 2 unspecified atom stereocenters. The predicted octanol–water partition coefficient (Wildman–Crippen LogP) is 8.63. The van der Waals surface area contributed by atoms with Gasteiger partial charge in [0, 0.05) is 64.2 Å². The van der Waals surface area contributed by atoms with Gasteiger partial charge >= 0.3 is 12.1 Å². The molecule has 0 aliphatic carbocycles. The predicted molar refractivity (Wildman–Crippen MR) is 204 cm³/mol. The Bertz CT molecular complexity index is 1650. The summed E-state index contributed by atoms with van der Waals surface area (Å²) in [7, 11) is 5.25. The van der Waals surface area contributed by atoms with E-state index < -0.39 is 24.4 Å². The van der Waals surface area contributed by atoms with Crippen molar-refractivity contribution in [3.63, 3.8) is 0 Å². The third kappa shape index (κ3) is 11.6. The Labute approximate surface area is 312 Å². The minimum absolute atomic E-state index is 0.0102. The van der Waals surface area contributed by atoms with Gasteiger partial charge in [-0.1, -0.05) is 51.1 Å². The van der Waals surface area contributed by atoms with E-state index in [4.69, 9.17) is 24.3 Å².